The Morgan fingerprint density at radius 1 is 1.00 bits per heavy atom. The van der Waals surface area contributed by atoms with Crippen LogP contribution in [0.25, 0.3) is 0 Å². The molecule has 0 rings (SSSR count). The lowest BCUT2D eigenvalue weighted by Crippen LogP contribution is -2.29. The minimum Gasteiger partial charge on any atom is -0.479 e. The summed E-state index contributed by atoms with van der Waals surface area (Å²) in [6.07, 6.45) is 9.17. The van der Waals surface area contributed by atoms with Gasteiger partial charge in [0.15, 0.2) is 6.10 Å². The first-order valence-corrected chi connectivity index (χ1v) is 8.87. The summed E-state index contributed by atoms with van der Waals surface area (Å²) in [6, 6.07) is 0. The molecule has 0 radical (unpaired) electrons. The minimum absolute atomic E-state index is 0.485. The molecular formula is C18H36O4. The van der Waals surface area contributed by atoms with Crippen molar-refractivity contribution in [1.82, 2.24) is 0 Å². The molecule has 0 fully saturated rings. The summed E-state index contributed by atoms with van der Waals surface area (Å²) in [4.78, 5) is 21.3. The maximum absolute atomic E-state index is 11.1. The van der Waals surface area contributed by atoms with E-state index in [1.165, 1.54) is 38.5 Å². The quantitative estimate of drug-likeness (QED) is 0.282. The minimum atomic E-state index is -0.946. The van der Waals surface area contributed by atoms with E-state index < -0.39 is 17.7 Å². The number of unbranched alkanes of at least 4 members (excludes halogenated alkanes) is 3. The molecule has 4 heteroatoms. The molecule has 1 N–H and O–H groups in total. The van der Waals surface area contributed by atoms with E-state index in [0.717, 1.165) is 18.8 Å². The highest BCUT2D eigenvalue weighted by Crippen LogP contribution is 2.21. The zero-order valence-corrected chi connectivity index (χ0v) is 15.2. The normalized spacial score (nSPS) is 14.8. The molecule has 0 heterocycles. The van der Waals surface area contributed by atoms with Gasteiger partial charge in [0, 0.05) is 0 Å². The van der Waals surface area contributed by atoms with Crippen molar-refractivity contribution in [2.75, 3.05) is 0 Å². The molecular weight excluding hydrogens is 280 g/mol. The van der Waals surface area contributed by atoms with Gasteiger partial charge in [-0.15, -0.1) is 0 Å². The van der Waals surface area contributed by atoms with Crippen LogP contribution in [-0.4, -0.2) is 22.8 Å². The fourth-order valence-corrected chi connectivity index (χ4v) is 2.40. The van der Waals surface area contributed by atoms with Gasteiger partial charge in [-0.25, -0.2) is 14.6 Å². The lowest BCUT2D eigenvalue weighted by atomic mass is 9.93. The van der Waals surface area contributed by atoms with Gasteiger partial charge in [-0.1, -0.05) is 65.2 Å². The van der Waals surface area contributed by atoms with Crippen LogP contribution in [0.3, 0.4) is 0 Å². The largest absolute Gasteiger partial charge is 0.479 e. The molecule has 0 aliphatic heterocycles. The van der Waals surface area contributed by atoms with Crippen molar-refractivity contribution in [2.24, 2.45) is 5.92 Å². The number of hydrogen-bond acceptors (Lipinski definition) is 3. The molecule has 0 aromatic carbocycles. The lowest BCUT2D eigenvalue weighted by Gasteiger charge is -2.21. The molecule has 22 heavy (non-hydrogen) atoms. The molecule has 0 saturated carbocycles. The SMILES string of the molecule is CCCCC(CC)CCCCCC(OOC(C)(C)C)C(=O)O. The molecule has 0 aromatic rings. The number of carbonyl (C=O) groups is 1. The monoisotopic (exact) mass is 316 g/mol. The Morgan fingerprint density at radius 3 is 2.09 bits per heavy atom. The Bertz CT molecular complexity index is 283. The fraction of sp³-hybridized carbons (Fsp3) is 0.944. The summed E-state index contributed by atoms with van der Waals surface area (Å²) in [5.41, 5.74) is -0.485. The summed E-state index contributed by atoms with van der Waals surface area (Å²) < 4.78 is 0. The van der Waals surface area contributed by atoms with Crippen molar-refractivity contribution in [1.29, 1.82) is 0 Å². The third kappa shape index (κ3) is 12.0. The Balaban J connectivity index is 3.86. The van der Waals surface area contributed by atoms with Crippen LogP contribution >= 0.6 is 0 Å². The van der Waals surface area contributed by atoms with Gasteiger partial charge in [0.1, 0.15) is 0 Å². The van der Waals surface area contributed by atoms with Crippen molar-refractivity contribution in [3.8, 4) is 0 Å². The van der Waals surface area contributed by atoms with Crippen LogP contribution < -0.4 is 0 Å². The number of rotatable bonds is 13. The van der Waals surface area contributed by atoms with Crippen molar-refractivity contribution in [2.45, 2.75) is 104 Å². The van der Waals surface area contributed by atoms with E-state index in [-0.39, 0.29) is 0 Å². The Hall–Kier alpha value is -0.610. The second kappa shape index (κ2) is 11.9. The van der Waals surface area contributed by atoms with Gasteiger partial charge in [-0.3, -0.25) is 0 Å². The van der Waals surface area contributed by atoms with Gasteiger partial charge in [0.25, 0.3) is 0 Å². The highest BCUT2D eigenvalue weighted by atomic mass is 17.2. The molecule has 0 aliphatic rings. The van der Waals surface area contributed by atoms with Crippen LogP contribution in [0, 0.1) is 5.92 Å². The first-order valence-electron chi connectivity index (χ1n) is 8.87. The molecule has 0 aromatic heterocycles. The summed E-state index contributed by atoms with van der Waals surface area (Å²) in [5, 5.41) is 9.15. The van der Waals surface area contributed by atoms with Gasteiger partial charge in [-0.05, 0) is 33.1 Å². The van der Waals surface area contributed by atoms with Gasteiger partial charge in [-0.2, -0.15) is 0 Å². The van der Waals surface area contributed by atoms with Gasteiger partial charge >= 0.3 is 5.97 Å². The molecule has 132 valence electrons. The van der Waals surface area contributed by atoms with Crippen molar-refractivity contribution in [3.05, 3.63) is 0 Å². The zero-order chi connectivity index (χ0) is 17.0. The second-order valence-electron chi connectivity index (χ2n) is 7.17. The smallest absolute Gasteiger partial charge is 0.336 e. The standard InChI is InChI=1S/C18H36O4/c1-6-8-12-15(7-2)13-10-9-11-14-16(17(19)20)21-22-18(3,4)5/h15-16H,6-14H2,1-5H3,(H,19,20). The number of hydrogen-bond donors (Lipinski definition) is 1. The van der Waals surface area contributed by atoms with Gasteiger partial charge in [0.2, 0.25) is 0 Å². The van der Waals surface area contributed by atoms with Crippen molar-refractivity contribution in [3.63, 3.8) is 0 Å². The summed E-state index contributed by atoms with van der Waals surface area (Å²) in [6.45, 7) is 10.0. The molecule has 0 saturated heterocycles. The maximum Gasteiger partial charge on any atom is 0.336 e. The van der Waals surface area contributed by atoms with E-state index in [1.54, 1.807) is 0 Å². The lowest BCUT2D eigenvalue weighted by molar-refractivity contribution is -0.368. The number of carboxylic acid groups (broad SMARTS) is 1. The van der Waals surface area contributed by atoms with E-state index in [2.05, 4.69) is 13.8 Å². The Kier molecular flexibility index (Phi) is 11.6. The Labute approximate surface area is 136 Å². The van der Waals surface area contributed by atoms with Crippen LogP contribution in [0.1, 0.15) is 92.4 Å². The first kappa shape index (κ1) is 21.4. The van der Waals surface area contributed by atoms with Crippen molar-refractivity contribution < 1.29 is 19.7 Å². The zero-order valence-electron chi connectivity index (χ0n) is 15.2. The summed E-state index contributed by atoms with van der Waals surface area (Å²) in [5.74, 6) is -0.116. The fourth-order valence-electron chi connectivity index (χ4n) is 2.40. The van der Waals surface area contributed by atoms with E-state index >= 15 is 0 Å². The van der Waals surface area contributed by atoms with Crippen molar-refractivity contribution >= 4 is 5.97 Å². The molecule has 2 atom stereocenters. The van der Waals surface area contributed by atoms with Crippen LogP contribution in [0.4, 0.5) is 0 Å². The molecule has 0 amide bonds. The summed E-state index contributed by atoms with van der Waals surface area (Å²) >= 11 is 0. The highest BCUT2D eigenvalue weighted by molar-refractivity contribution is 5.72. The van der Waals surface area contributed by atoms with Crippen LogP contribution in [0.15, 0.2) is 0 Å². The van der Waals surface area contributed by atoms with Gasteiger partial charge < -0.3 is 5.11 Å². The van der Waals surface area contributed by atoms with E-state index in [9.17, 15) is 4.79 Å². The topological polar surface area (TPSA) is 55.8 Å². The third-order valence-corrected chi connectivity index (χ3v) is 3.81. The first-order chi connectivity index (χ1) is 10.3. The second-order valence-corrected chi connectivity index (χ2v) is 7.17. The highest BCUT2D eigenvalue weighted by Gasteiger charge is 2.22. The van der Waals surface area contributed by atoms with Gasteiger partial charge in [0.05, 0.1) is 5.60 Å². The van der Waals surface area contributed by atoms with E-state index in [4.69, 9.17) is 14.9 Å². The van der Waals surface area contributed by atoms with E-state index in [1.807, 2.05) is 20.8 Å². The number of aliphatic carboxylic acids is 1. The predicted octanol–water partition coefficient (Wildman–Crippen LogP) is 5.35. The van der Waals surface area contributed by atoms with E-state index in [0.29, 0.717) is 6.42 Å². The molecule has 0 aliphatic carbocycles. The third-order valence-electron chi connectivity index (χ3n) is 3.81. The van der Waals surface area contributed by atoms with Crippen LogP contribution in [-0.2, 0) is 14.6 Å². The molecule has 4 nitrogen and oxygen atoms in total. The molecule has 0 bridgehead atoms. The predicted molar refractivity (Wildman–Crippen MR) is 89.7 cm³/mol. The molecule has 0 spiro atoms. The molecule has 2 unspecified atom stereocenters. The summed E-state index contributed by atoms with van der Waals surface area (Å²) in [7, 11) is 0. The number of carboxylic acids is 1. The average molecular weight is 316 g/mol. The maximum atomic E-state index is 11.1. The Morgan fingerprint density at radius 2 is 1.59 bits per heavy atom. The average Bonchev–Trinajstić information content (AvgIpc) is 2.43. The van der Waals surface area contributed by atoms with Crippen LogP contribution in [0.5, 0.6) is 0 Å². The van der Waals surface area contributed by atoms with Crippen LogP contribution in [0.2, 0.25) is 0 Å².